The van der Waals surface area contributed by atoms with Crippen molar-refractivity contribution in [1.82, 2.24) is 0 Å². The van der Waals surface area contributed by atoms with Crippen LogP contribution in [-0.2, 0) is 20.4 Å². The van der Waals surface area contributed by atoms with Gasteiger partial charge in [0.05, 0.1) is 0 Å². The summed E-state index contributed by atoms with van der Waals surface area (Å²) in [7, 11) is 0. The molecule has 2 atom stereocenters. The van der Waals surface area contributed by atoms with Crippen LogP contribution in [0.15, 0.2) is 105 Å². The molecule has 0 bridgehead atoms. The Balaban J connectivity index is 0.00000168. The molecule has 0 saturated carbocycles. The van der Waals surface area contributed by atoms with Gasteiger partial charge >= 0.3 is 225 Å². The molecule has 0 aliphatic heterocycles. The molecule has 0 aromatic heterocycles. The fourth-order valence-electron chi connectivity index (χ4n) is 6.50. The number of hydrogen-bond donors (Lipinski definition) is 0. The van der Waals surface area contributed by atoms with E-state index in [0.717, 1.165) is 0 Å². The average molecular weight is 635 g/mol. The van der Waals surface area contributed by atoms with Crippen LogP contribution < -0.4 is 0 Å². The Morgan fingerprint density at radius 2 is 1.29 bits per heavy atom. The maximum absolute atomic E-state index is 2.70. The first-order valence-corrected chi connectivity index (χ1v) is 22.0. The molecule has 0 amide bonds. The van der Waals surface area contributed by atoms with Gasteiger partial charge in [0.2, 0.25) is 0 Å². The molecule has 194 valence electrons. The Bertz CT molecular complexity index is 1700. The second kappa shape index (κ2) is 11.4. The van der Waals surface area contributed by atoms with Crippen LogP contribution in [0, 0.1) is 5.92 Å². The van der Waals surface area contributed by atoms with E-state index in [0.29, 0.717) is 9.54 Å². The van der Waals surface area contributed by atoms with E-state index in [2.05, 4.69) is 126 Å². The van der Waals surface area contributed by atoms with E-state index in [-0.39, 0.29) is 30.2 Å². The summed E-state index contributed by atoms with van der Waals surface area (Å²) in [5.41, 5.74) is 10.3. The number of benzene rings is 4. The minimum absolute atomic E-state index is 0. The van der Waals surface area contributed by atoms with Gasteiger partial charge in [0.1, 0.15) is 0 Å². The summed E-state index contributed by atoms with van der Waals surface area (Å²) in [6.07, 6.45) is 2.70. The quantitative estimate of drug-likeness (QED) is 0.155. The van der Waals surface area contributed by atoms with Crippen molar-refractivity contribution in [2.75, 3.05) is 0 Å². The summed E-state index contributed by atoms with van der Waals surface area (Å²) in [6.45, 7) is 14.8. The normalized spacial score (nSPS) is 18.3. The van der Waals surface area contributed by atoms with E-state index >= 15 is 0 Å². The molecular formula is C34H36Cl2SiZr. The van der Waals surface area contributed by atoms with Crippen molar-refractivity contribution < 1.29 is 20.4 Å². The van der Waals surface area contributed by atoms with Gasteiger partial charge in [-0.2, -0.15) is 0 Å². The van der Waals surface area contributed by atoms with Gasteiger partial charge in [-0.05, 0) is 0 Å². The Kier molecular flexibility index (Phi) is 8.80. The van der Waals surface area contributed by atoms with Gasteiger partial charge < -0.3 is 0 Å². The molecule has 4 aromatic carbocycles. The van der Waals surface area contributed by atoms with Crippen LogP contribution in [0.25, 0.3) is 27.1 Å². The molecule has 6 rings (SSSR count). The third-order valence-corrected chi connectivity index (χ3v) is 27.3. The van der Waals surface area contributed by atoms with E-state index in [1.807, 2.05) is 3.28 Å². The van der Waals surface area contributed by atoms with Crippen LogP contribution in [-0.4, -0.2) is 5.43 Å². The predicted molar refractivity (Wildman–Crippen MR) is 170 cm³/mol. The first kappa shape index (κ1) is 29.3. The first-order valence-electron chi connectivity index (χ1n) is 13.2. The van der Waals surface area contributed by atoms with Crippen LogP contribution in [0.1, 0.15) is 48.0 Å². The van der Waals surface area contributed by atoms with E-state index < -0.39 is 20.4 Å². The predicted octanol–water partition coefficient (Wildman–Crippen LogP) is 10.5. The van der Waals surface area contributed by atoms with Crippen molar-refractivity contribution in [3.05, 3.63) is 122 Å². The van der Waals surface area contributed by atoms with E-state index in [1.165, 1.54) is 38.2 Å². The molecule has 0 radical (unpaired) electrons. The maximum Gasteiger partial charge on any atom is -0.147 e. The summed E-state index contributed by atoms with van der Waals surface area (Å²) in [5.74, 6) is 0.637. The number of rotatable bonds is 3. The number of allylic oxidation sites excluding steroid dienone is 5. The second-order valence-electron chi connectivity index (χ2n) is 10.9. The maximum atomic E-state index is 2.70. The van der Waals surface area contributed by atoms with Crippen LogP contribution in [0.3, 0.4) is 0 Å². The van der Waals surface area contributed by atoms with Gasteiger partial charge in [-0.1, -0.05) is 0 Å². The summed E-state index contributed by atoms with van der Waals surface area (Å²) >= 11 is -1.98. The minimum Gasteiger partial charge on any atom is -0.147 e. The molecule has 0 nitrogen and oxygen atoms in total. The monoisotopic (exact) mass is 632 g/mol. The topological polar surface area (TPSA) is 0 Å². The zero-order chi connectivity index (χ0) is 25.1. The SMILES string of the molecule is CC1=C(C)C(C)[C]([Zr]([CH]2C=C(c3ccc4cc5ccccc5cc4c3)c3ccccc32)=[Si](C)C)=C1C.Cl.Cl. The van der Waals surface area contributed by atoms with E-state index in [1.54, 1.807) is 22.3 Å². The summed E-state index contributed by atoms with van der Waals surface area (Å²) in [4.78, 5) is 0. The third-order valence-electron chi connectivity index (χ3n) is 8.72. The summed E-state index contributed by atoms with van der Waals surface area (Å²) < 4.78 is 2.54. The summed E-state index contributed by atoms with van der Waals surface area (Å²) in [5, 5.41) is 5.29. The molecule has 4 heteroatoms. The van der Waals surface area contributed by atoms with Crippen LogP contribution in [0.2, 0.25) is 13.1 Å². The average Bonchev–Trinajstić information content (AvgIpc) is 3.35. The molecular weight excluding hydrogens is 599 g/mol. The second-order valence-corrected chi connectivity index (χ2v) is 28.3. The molecule has 2 aliphatic carbocycles. The third kappa shape index (κ3) is 4.77. The molecule has 2 unspecified atom stereocenters. The van der Waals surface area contributed by atoms with Crippen LogP contribution in [0.4, 0.5) is 0 Å². The molecule has 0 N–H and O–H groups in total. The van der Waals surface area contributed by atoms with E-state index in [9.17, 15) is 0 Å². The van der Waals surface area contributed by atoms with Crippen LogP contribution >= 0.6 is 24.8 Å². The molecule has 0 saturated heterocycles. The van der Waals surface area contributed by atoms with Gasteiger partial charge in [-0.15, -0.1) is 24.8 Å². The van der Waals surface area contributed by atoms with Gasteiger partial charge in [0, 0.05) is 0 Å². The van der Waals surface area contributed by atoms with Gasteiger partial charge in [-0.3, -0.25) is 0 Å². The number of halogens is 2. The zero-order valence-corrected chi connectivity index (χ0v) is 28.1. The largest absolute Gasteiger partial charge is 0.147 e. The van der Waals surface area contributed by atoms with Crippen molar-refractivity contribution in [3.8, 4) is 0 Å². The van der Waals surface area contributed by atoms with Crippen molar-refractivity contribution in [1.29, 1.82) is 0 Å². The van der Waals surface area contributed by atoms with Gasteiger partial charge in [-0.25, -0.2) is 0 Å². The Morgan fingerprint density at radius 1 is 0.684 bits per heavy atom. The Morgan fingerprint density at radius 3 is 1.92 bits per heavy atom. The molecule has 0 spiro atoms. The zero-order valence-electron chi connectivity index (χ0n) is 23.1. The van der Waals surface area contributed by atoms with Crippen molar-refractivity contribution in [3.63, 3.8) is 0 Å². The first-order chi connectivity index (χ1) is 17.3. The molecule has 38 heavy (non-hydrogen) atoms. The Labute approximate surface area is 248 Å². The molecule has 0 heterocycles. The van der Waals surface area contributed by atoms with Crippen molar-refractivity contribution in [2.45, 2.75) is 44.4 Å². The fourth-order valence-corrected chi connectivity index (χ4v) is 26.2. The van der Waals surface area contributed by atoms with Crippen LogP contribution in [0.5, 0.6) is 0 Å². The van der Waals surface area contributed by atoms with Crippen molar-refractivity contribution in [2.24, 2.45) is 5.92 Å². The molecule has 2 aliphatic rings. The van der Waals surface area contributed by atoms with Gasteiger partial charge in [0.25, 0.3) is 0 Å². The standard InChI is InChI=1S/C23H15.C9H13.C2H6Si.2ClH.Zr/c1-2-7-18-14-21-15-20(10-9-19(21)13-17(18)6-1)23-12-11-16-5-3-4-8-22(16)23;1-6-5-7(2)9(4)8(6)3;1-3-2;;;/h1-15H;6H,1-4H3;1-2H3;2*1H;. The van der Waals surface area contributed by atoms with E-state index in [4.69, 9.17) is 0 Å². The molecule has 4 aromatic rings. The summed E-state index contributed by atoms with van der Waals surface area (Å²) in [6, 6.07) is 29.8. The number of fused-ring (bicyclic) bond motifs is 3. The van der Waals surface area contributed by atoms with Gasteiger partial charge in [0.15, 0.2) is 0 Å². The Hall–Kier alpha value is -1.70. The minimum atomic E-state index is -1.98. The molecule has 0 fully saturated rings. The number of hydrogen-bond acceptors (Lipinski definition) is 0. The van der Waals surface area contributed by atoms with Crippen molar-refractivity contribution >= 4 is 57.4 Å². The fraction of sp³-hybridized carbons (Fsp3) is 0.235. The smallest absolute Gasteiger partial charge is 0.147 e.